The van der Waals surface area contributed by atoms with Crippen LogP contribution >= 0.6 is 0 Å². The van der Waals surface area contributed by atoms with Crippen molar-refractivity contribution >= 4 is 46.1 Å². The molecule has 0 aliphatic carbocycles. The molecule has 6 rings (SSSR count). The molecule has 1 saturated heterocycles. The molecule has 0 spiro atoms. The van der Waals surface area contributed by atoms with Crippen molar-refractivity contribution in [2.75, 3.05) is 11.9 Å². The van der Waals surface area contributed by atoms with Crippen LogP contribution in [-0.4, -0.2) is 57.2 Å². The fourth-order valence-corrected chi connectivity index (χ4v) is 5.03. The molecule has 3 aromatic carbocycles. The molecule has 0 radical (unpaired) electrons. The molecule has 1 atom stereocenters. The van der Waals surface area contributed by atoms with Gasteiger partial charge in [0, 0.05) is 31.6 Å². The summed E-state index contributed by atoms with van der Waals surface area (Å²) < 4.78 is 1.38. The fraction of sp³-hybridized carbons (Fsp3) is 0.161. The number of nitrogens with one attached hydrogen (secondary N) is 1. The standard InChI is InChI=1S/C18H16N2O3.C13H10N2O4/c1-19(12-8-4-3-5-9-12)17(22)15-16(21)13-10-6-7-11-14(13)20(2)18(15)23;16-10-6-5-9(11(17)14-10)15-12(18)7-3-1-2-4-8(7)13(15)19/h3-11,21H,1-2H3;1-4,9H,5-6H2,(H,14,16,17). The van der Waals surface area contributed by atoms with E-state index in [9.17, 15) is 33.9 Å². The van der Waals surface area contributed by atoms with E-state index in [0.717, 1.165) is 4.90 Å². The Hall–Kier alpha value is -5.58. The number of carbonyl (C=O) groups is 5. The molecule has 11 nitrogen and oxygen atoms in total. The molecule has 0 saturated carbocycles. The van der Waals surface area contributed by atoms with Gasteiger partial charge in [0.1, 0.15) is 17.4 Å². The molecule has 4 aromatic rings. The lowest BCUT2D eigenvalue weighted by atomic mass is 10.0. The van der Waals surface area contributed by atoms with Gasteiger partial charge in [0.05, 0.1) is 16.6 Å². The molecule has 2 aliphatic rings. The maximum absolute atomic E-state index is 12.7. The Kier molecular flexibility index (Phi) is 7.41. The number of imide groups is 2. The van der Waals surface area contributed by atoms with E-state index in [4.69, 9.17) is 0 Å². The quantitative estimate of drug-likeness (QED) is 0.363. The van der Waals surface area contributed by atoms with E-state index < -0.39 is 35.2 Å². The van der Waals surface area contributed by atoms with Gasteiger partial charge < -0.3 is 14.6 Å². The minimum absolute atomic E-state index is 0.129. The second kappa shape index (κ2) is 11.1. The molecule has 3 heterocycles. The third-order valence-corrected chi connectivity index (χ3v) is 7.29. The Morgan fingerprint density at radius 1 is 0.857 bits per heavy atom. The lowest BCUT2D eigenvalue weighted by molar-refractivity contribution is -0.136. The number of fused-ring (bicyclic) bond motifs is 2. The van der Waals surface area contributed by atoms with Crippen LogP contribution in [0, 0.1) is 0 Å². The monoisotopic (exact) mass is 566 g/mol. The van der Waals surface area contributed by atoms with Crippen LogP contribution in [0.5, 0.6) is 5.75 Å². The molecule has 1 aromatic heterocycles. The molecule has 5 amide bonds. The Morgan fingerprint density at radius 3 is 2.05 bits per heavy atom. The van der Waals surface area contributed by atoms with E-state index in [1.54, 1.807) is 86.9 Å². The van der Waals surface area contributed by atoms with Gasteiger partial charge in [0.2, 0.25) is 11.8 Å². The zero-order chi connectivity index (χ0) is 30.1. The van der Waals surface area contributed by atoms with Crippen molar-refractivity contribution in [3.63, 3.8) is 0 Å². The van der Waals surface area contributed by atoms with Gasteiger partial charge in [-0.2, -0.15) is 0 Å². The van der Waals surface area contributed by atoms with Crippen molar-refractivity contribution in [2.45, 2.75) is 18.9 Å². The number of rotatable bonds is 3. The zero-order valence-corrected chi connectivity index (χ0v) is 22.7. The molecule has 42 heavy (non-hydrogen) atoms. The average Bonchev–Trinajstić information content (AvgIpc) is 3.26. The summed E-state index contributed by atoms with van der Waals surface area (Å²) in [6.07, 6.45) is 0.306. The first-order chi connectivity index (χ1) is 20.1. The molecular weight excluding hydrogens is 540 g/mol. The van der Waals surface area contributed by atoms with Gasteiger partial charge in [-0.3, -0.25) is 39.0 Å². The zero-order valence-electron chi connectivity index (χ0n) is 22.7. The first kappa shape index (κ1) is 28.0. The number of benzene rings is 3. The van der Waals surface area contributed by atoms with Crippen LogP contribution in [0.25, 0.3) is 10.9 Å². The summed E-state index contributed by atoms with van der Waals surface area (Å²) in [6.45, 7) is 0. The minimum Gasteiger partial charge on any atom is -0.506 e. The van der Waals surface area contributed by atoms with Crippen molar-refractivity contribution in [1.82, 2.24) is 14.8 Å². The molecule has 0 bridgehead atoms. The first-order valence-electron chi connectivity index (χ1n) is 13.1. The number of para-hydroxylation sites is 2. The number of carbonyl (C=O) groups excluding carboxylic acids is 5. The van der Waals surface area contributed by atoms with Gasteiger partial charge in [-0.15, -0.1) is 0 Å². The predicted molar refractivity (Wildman–Crippen MR) is 153 cm³/mol. The van der Waals surface area contributed by atoms with Crippen molar-refractivity contribution in [2.24, 2.45) is 7.05 Å². The lowest BCUT2D eigenvalue weighted by Gasteiger charge is -2.27. The van der Waals surface area contributed by atoms with Crippen molar-refractivity contribution in [3.8, 4) is 5.75 Å². The largest absolute Gasteiger partial charge is 0.506 e. The SMILES string of the molecule is CN(C(=O)c1c(O)c2ccccc2n(C)c1=O)c1ccccc1.O=C1CCC(N2C(=O)c3ccccc3C2=O)C(=O)N1. The van der Waals surface area contributed by atoms with E-state index in [0.29, 0.717) is 27.7 Å². The number of aromatic nitrogens is 1. The highest BCUT2D eigenvalue weighted by Gasteiger charge is 2.44. The number of hydrogen-bond donors (Lipinski definition) is 2. The molecular formula is C31H26N4O7. The average molecular weight is 567 g/mol. The van der Waals surface area contributed by atoms with Gasteiger partial charge in [-0.05, 0) is 42.8 Å². The van der Waals surface area contributed by atoms with Crippen LogP contribution in [0.15, 0.2) is 83.7 Å². The Balaban J connectivity index is 0.000000171. The summed E-state index contributed by atoms with van der Waals surface area (Å²) in [5.41, 5.74) is 1.09. The Labute approximate surface area is 239 Å². The van der Waals surface area contributed by atoms with E-state index in [2.05, 4.69) is 5.32 Å². The van der Waals surface area contributed by atoms with Gasteiger partial charge >= 0.3 is 0 Å². The number of pyridine rings is 1. The summed E-state index contributed by atoms with van der Waals surface area (Å²) in [4.78, 5) is 74.8. The number of nitrogens with zero attached hydrogens (tertiary/aromatic N) is 3. The number of aromatic hydroxyl groups is 1. The summed E-state index contributed by atoms with van der Waals surface area (Å²) >= 11 is 0. The number of anilines is 1. The Bertz CT molecular complexity index is 1800. The topological polar surface area (TPSA) is 146 Å². The summed E-state index contributed by atoms with van der Waals surface area (Å²) in [5.74, 6) is -2.75. The number of amides is 5. The second-order valence-electron chi connectivity index (χ2n) is 9.80. The maximum atomic E-state index is 12.7. The van der Waals surface area contributed by atoms with Crippen LogP contribution in [0.2, 0.25) is 0 Å². The minimum atomic E-state index is -0.898. The van der Waals surface area contributed by atoms with E-state index in [-0.39, 0.29) is 30.1 Å². The van der Waals surface area contributed by atoms with E-state index in [1.165, 1.54) is 9.47 Å². The first-order valence-corrected chi connectivity index (χ1v) is 13.1. The maximum Gasteiger partial charge on any atom is 0.267 e. The second-order valence-corrected chi connectivity index (χ2v) is 9.80. The summed E-state index contributed by atoms with van der Waals surface area (Å²) in [7, 11) is 3.16. The highest BCUT2D eigenvalue weighted by atomic mass is 16.3. The predicted octanol–water partition coefficient (Wildman–Crippen LogP) is 2.61. The highest BCUT2D eigenvalue weighted by Crippen LogP contribution is 2.28. The molecule has 1 fully saturated rings. The molecule has 212 valence electrons. The smallest absolute Gasteiger partial charge is 0.267 e. The van der Waals surface area contributed by atoms with Gasteiger partial charge in [-0.1, -0.05) is 42.5 Å². The van der Waals surface area contributed by atoms with E-state index in [1.807, 2.05) is 6.07 Å². The van der Waals surface area contributed by atoms with Crippen molar-refractivity contribution in [3.05, 3.63) is 106 Å². The van der Waals surface area contributed by atoms with Crippen LogP contribution in [0.1, 0.15) is 43.9 Å². The van der Waals surface area contributed by atoms with Crippen LogP contribution in [0.4, 0.5) is 5.69 Å². The van der Waals surface area contributed by atoms with Crippen LogP contribution in [-0.2, 0) is 16.6 Å². The van der Waals surface area contributed by atoms with Crippen molar-refractivity contribution < 1.29 is 29.1 Å². The van der Waals surface area contributed by atoms with Gasteiger partial charge in [-0.25, -0.2) is 0 Å². The third-order valence-electron chi connectivity index (χ3n) is 7.29. The number of aryl methyl sites for hydroxylation is 1. The molecule has 11 heteroatoms. The fourth-order valence-electron chi connectivity index (χ4n) is 5.03. The lowest BCUT2D eigenvalue weighted by Crippen LogP contribution is -2.54. The number of piperidine rings is 1. The molecule has 2 aliphatic heterocycles. The third kappa shape index (κ3) is 4.81. The van der Waals surface area contributed by atoms with Gasteiger partial charge in [0.15, 0.2) is 0 Å². The van der Waals surface area contributed by atoms with Crippen molar-refractivity contribution in [1.29, 1.82) is 0 Å². The molecule has 1 unspecified atom stereocenters. The highest BCUT2D eigenvalue weighted by molar-refractivity contribution is 6.23. The Morgan fingerprint density at radius 2 is 1.43 bits per heavy atom. The van der Waals surface area contributed by atoms with E-state index >= 15 is 0 Å². The normalized spacial score (nSPS) is 16.0. The van der Waals surface area contributed by atoms with Crippen LogP contribution in [0.3, 0.4) is 0 Å². The summed E-state index contributed by atoms with van der Waals surface area (Å²) in [6, 6.07) is 21.5. The van der Waals surface area contributed by atoms with Crippen LogP contribution < -0.4 is 15.8 Å². The van der Waals surface area contributed by atoms with Gasteiger partial charge in [0.25, 0.3) is 23.3 Å². The summed E-state index contributed by atoms with van der Waals surface area (Å²) in [5, 5.41) is 13.1. The number of hydrogen-bond acceptors (Lipinski definition) is 7. The molecule has 2 N–H and O–H groups in total.